The molecule has 17 nitrogen and oxygen atoms in total. The summed E-state index contributed by atoms with van der Waals surface area (Å²) in [4.78, 5) is 65.4. The predicted molar refractivity (Wildman–Crippen MR) is 238 cm³/mol. The van der Waals surface area contributed by atoms with Crippen LogP contribution in [0.5, 0.6) is 0 Å². The van der Waals surface area contributed by atoms with E-state index in [0.717, 1.165) is 26.0 Å². The Bertz CT molecular complexity index is 1860. The quantitative estimate of drug-likeness (QED) is 0.0696. The van der Waals surface area contributed by atoms with Crippen LogP contribution in [0.15, 0.2) is 59.8 Å². The standard InChI is InChI=1S/C49H72O17/c1-10-12-13-14-15-17-41(53)64-45-32(24-43(55)60-9)23-35-27-38(30(3)50)62-44(56)26-33(51)25-36-28-39(63-40(52)16-11-2)47(6,7)48(57,65-36)29-37-21-31(22-42(54)59-8)20-34(61-37)18-19-46(4,5)49(45,58)66-35/h13-15,17-19,22,24,30,33-39,45,50-51,57-58H,10-12,16,20-21,23,25-29H2,1-9H3. The van der Waals surface area contributed by atoms with Crippen LogP contribution < -0.4 is 0 Å². The van der Waals surface area contributed by atoms with Crippen LogP contribution in [-0.2, 0) is 61.9 Å². The molecule has 11 atom stereocenters. The summed E-state index contributed by atoms with van der Waals surface area (Å²) in [6, 6.07) is 0. The zero-order chi connectivity index (χ0) is 49.0. The number of ether oxygens (including phenoxy) is 8. The van der Waals surface area contributed by atoms with E-state index < -0.39 is 114 Å². The van der Waals surface area contributed by atoms with Crippen molar-refractivity contribution in [1.82, 2.24) is 0 Å². The lowest BCUT2D eigenvalue weighted by molar-refractivity contribution is -0.348. The summed E-state index contributed by atoms with van der Waals surface area (Å²) in [6.45, 7) is 11.9. The molecule has 0 aromatic carbocycles. The zero-order valence-electron chi connectivity index (χ0n) is 39.9. The number of hydrogen-bond acceptors (Lipinski definition) is 17. The normalized spacial score (nSPS) is 34.6. The van der Waals surface area contributed by atoms with Gasteiger partial charge in [0.2, 0.25) is 5.79 Å². The topological polar surface area (TPSA) is 240 Å². The van der Waals surface area contributed by atoms with Crippen molar-refractivity contribution in [3.63, 3.8) is 0 Å². The molecule has 0 spiro atoms. The van der Waals surface area contributed by atoms with Crippen LogP contribution in [0.25, 0.3) is 0 Å². The summed E-state index contributed by atoms with van der Waals surface area (Å²) in [5, 5.41) is 47.8. The van der Waals surface area contributed by atoms with Gasteiger partial charge in [-0.15, -0.1) is 0 Å². The van der Waals surface area contributed by atoms with Crippen LogP contribution in [0.2, 0.25) is 0 Å². The van der Waals surface area contributed by atoms with Gasteiger partial charge in [-0.25, -0.2) is 14.4 Å². The van der Waals surface area contributed by atoms with Gasteiger partial charge in [0.25, 0.3) is 0 Å². The molecule has 4 N–H and O–H groups in total. The first kappa shape index (κ1) is 54.4. The number of allylic oxidation sites excluding steroid dienone is 3. The fourth-order valence-electron chi connectivity index (χ4n) is 8.79. The van der Waals surface area contributed by atoms with Crippen LogP contribution in [0, 0.1) is 10.8 Å². The van der Waals surface area contributed by atoms with E-state index in [1.54, 1.807) is 45.9 Å². The molecular formula is C49H72O17. The third-order valence-corrected chi connectivity index (χ3v) is 12.8. The van der Waals surface area contributed by atoms with Crippen molar-refractivity contribution in [3.8, 4) is 0 Å². The number of unbranched alkanes of at least 4 members (excludes halogenated alkanes) is 1. The molecule has 11 unspecified atom stereocenters. The van der Waals surface area contributed by atoms with Gasteiger partial charge in [0.1, 0.15) is 12.2 Å². The van der Waals surface area contributed by atoms with Crippen molar-refractivity contribution in [2.75, 3.05) is 14.2 Å². The minimum absolute atomic E-state index is 0.0819. The summed E-state index contributed by atoms with van der Waals surface area (Å²) >= 11 is 0. The van der Waals surface area contributed by atoms with Crippen molar-refractivity contribution in [2.24, 2.45) is 10.8 Å². The highest BCUT2D eigenvalue weighted by Crippen LogP contribution is 2.50. The van der Waals surface area contributed by atoms with Gasteiger partial charge in [-0.1, -0.05) is 83.9 Å². The Hall–Kier alpha value is -4.23. The molecule has 3 saturated heterocycles. The molecule has 6 bridgehead atoms. The maximum absolute atomic E-state index is 13.5. The van der Waals surface area contributed by atoms with Gasteiger partial charge in [-0.05, 0) is 44.6 Å². The van der Waals surface area contributed by atoms with E-state index in [0.29, 0.717) is 12.0 Å². The molecule has 4 heterocycles. The first-order chi connectivity index (χ1) is 31.0. The molecule has 0 amide bonds. The Morgan fingerprint density at radius 2 is 1.55 bits per heavy atom. The number of rotatable bonds is 11. The molecule has 4 aliphatic heterocycles. The number of carbonyl (C=O) groups is 5. The van der Waals surface area contributed by atoms with E-state index in [1.807, 2.05) is 19.9 Å². The minimum atomic E-state index is -2.47. The molecule has 3 fully saturated rings. The van der Waals surface area contributed by atoms with E-state index >= 15 is 0 Å². The second kappa shape index (κ2) is 23.7. The van der Waals surface area contributed by atoms with Gasteiger partial charge in [0.15, 0.2) is 11.9 Å². The minimum Gasteiger partial charge on any atom is -0.466 e. The highest BCUT2D eigenvalue weighted by atomic mass is 16.7. The number of fused-ring (bicyclic) bond motifs is 6. The van der Waals surface area contributed by atoms with E-state index in [4.69, 9.17) is 37.9 Å². The number of carbonyl (C=O) groups excluding carboxylic acids is 5. The average molecular weight is 933 g/mol. The Morgan fingerprint density at radius 1 is 0.848 bits per heavy atom. The summed E-state index contributed by atoms with van der Waals surface area (Å²) in [5.74, 6) is -8.19. The lowest BCUT2D eigenvalue weighted by atomic mass is 9.70. The third kappa shape index (κ3) is 14.2. The summed E-state index contributed by atoms with van der Waals surface area (Å²) < 4.78 is 47.1. The maximum Gasteiger partial charge on any atom is 0.331 e. The molecule has 0 aliphatic carbocycles. The number of esters is 5. The highest BCUT2D eigenvalue weighted by molar-refractivity contribution is 5.85. The number of aliphatic hydroxyl groups excluding tert-OH is 2. The SMILES string of the molecule is CCCC=CC=CC(=O)OC1C(=CC(=O)OC)CC2CC(C(C)O)OC(=O)CC(O)CC3CC(OC(=O)CCC)C(C)(C)C(O)(CC4CC(=CC(=O)OC)CC(C=CC(C)(C)C1(O)O2)O4)O3. The van der Waals surface area contributed by atoms with E-state index in [9.17, 15) is 44.4 Å². The van der Waals surface area contributed by atoms with Crippen LogP contribution >= 0.6 is 0 Å². The Labute approximate surface area is 388 Å². The number of cyclic esters (lactones) is 1. The molecule has 17 heteroatoms. The number of methoxy groups -OCH3 is 2. The molecule has 0 radical (unpaired) electrons. The number of hydrogen-bond donors (Lipinski definition) is 4. The second-order valence-corrected chi connectivity index (χ2v) is 18.9. The highest BCUT2D eigenvalue weighted by Gasteiger charge is 2.59. The fraction of sp³-hybridized carbons (Fsp3) is 0.694. The van der Waals surface area contributed by atoms with Crippen LogP contribution in [0.4, 0.5) is 0 Å². The van der Waals surface area contributed by atoms with Crippen molar-refractivity contribution in [3.05, 3.63) is 59.8 Å². The van der Waals surface area contributed by atoms with E-state index in [2.05, 4.69) is 0 Å². The maximum atomic E-state index is 13.5. The summed E-state index contributed by atoms with van der Waals surface area (Å²) in [5.41, 5.74) is -2.05. The van der Waals surface area contributed by atoms with Crippen molar-refractivity contribution >= 4 is 29.8 Å². The monoisotopic (exact) mass is 932 g/mol. The smallest absolute Gasteiger partial charge is 0.331 e. The lowest BCUT2D eigenvalue weighted by Gasteiger charge is -2.53. The molecular weight excluding hydrogens is 861 g/mol. The first-order valence-corrected chi connectivity index (χ1v) is 23.0. The van der Waals surface area contributed by atoms with Crippen molar-refractivity contribution in [1.29, 1.82) is 0 Å². The molecule has 370 valence electrons. The van der Waals surface area contributed by atoms with Gasteiger partial charge < -0.3 is 58.3 Å². The number of aliphatic hydroxyl groups is 4. The van der Waals surface area contributed by atoms with Gasteiger partial charge in [0, 0.05) is 55.7 Å². The van der Waals surface area contributed by atoms with Gasteiger partial charge in [-0.3, -0.25) is 9.59 Å². The molecule has 66 heavy (non-hydrogen) atoms. The molecule has 4 aliphatic rings. The average Bonchev–Trinajstić information content (AvgIpc) is 3.22. The van der Waals surface area contributed by atoms with Crippen LogP contribution in [-0.4, -0.2) is 131 Å². The van der Waals surface area contributed by atoms with Gasteiger partial charge in [0.05, 0.1) is 62.7 Å². The Kier molecular flexibility index (Phi) is 19.5. The largest absolute Gasteiger partial charge is 0.466 e. The van der Waals surface area contributed by atoms with Gasteiger partial charge >= 0.3 is 29.8 Å². The lowest BCUT2D eigenvalue weighted by Crippen LogP contribution is -2.62. The molecule has 4 rings (SSSR count). The van der Waals surface area contributed by atoms with Crippen LogP contribution in [0.1, 0.15) is 126 Å². The third-order valence-electron chi connectivity index (χ3n) is 12.8. The first-order valence-electron chi connectivity index (χ1n) is 23.0. The van der Waals surface area contributed by atoms with Crippen molar-refractivity contribution in [2.45, 2.75) is 192 Å². The molecule has 0 saturated carbocycles. The zero-order valence-corrected chi connectivity index (χ0v) is 39.9. The second-order valence-electron chi connectivity index (χ2n) is 18.9. The fourth-order valence-corrected chi connectivity index (χ4v) is 8.79. The molecule has 0 aromatic heterocycles. The van der Waals surface area contributed by atoms with E-state index in [1.165, 1.54) is 32.3 Å². The predicted octanol–water partition coefficient (Wildman–Crippen LogP) is 5.06. The summed E-state index contributed by atoms with van der Waals surface area (Å²) in [6.07, 6.45) is 3.27. The Balaban J connectivity index is 1.89. The van der Waals surface area contributed by atoms with Crippen LogP contribution in [0.3, 0.4) is 0 Å². The van der Waals surface area contributed by atoms with Crippen molar-refractivity contribution < 1.29 is 82.3 Å². The van der Waals surface area contributed by atoms with E-state index in [-0.39, 0.29) is 56.9 Å². The summed E-state index contributed by atoms with van der Waals surface area (Å²) in [7, 11) is 2.41. The Morgan fingerprint density at radius 3 is 2.20 bits per heavy atom. The van der Waals surface area contributed by atoms with Gasteiger partial charge in [-0.2, -0.15) is 0 Å². The molecule has 0 aromatic rings.